The monoisotopic (exact) mass is 253 g/mol. The minimum Gasteiger partial charge on any atom is -0.371 e. The topological polar surface area (TPSA) is 49.7 Å². The second kappa shape index (κ2) is 4.50. The molecule has 0 amide bonds. The molecule has 87 valence electrons. The Kier molecular flexibility index (Phi) is 3.68. The molecule has 0 aromatic heterocycles. The summed E-state index contributed by atoms with van der Waals surface area (Å²) in [4.78, 5) is 0. The van der Waals surface area contributed by atoms with Crippen LogP contribution in [0.2, 0.25) is 0 Å². The van der Waals surface area contributed by atoms with Crippen molar-refractivity contribution in [3.63, 3.8) is 0 Å². The maximum atomic E-state index is 13.0. The van der Waals surface area contributed by atoms with Crippen molar-refractivity contribution >= 4 is 10.5 Å². The van der Waals surface area contributed by atoms with Gasteiger partial charge in [-0.1, -0.05) is 0 Å². The lowest BCUT2D eigenvalue weighted by Crippen LogP contribution is -2.34. The van der Waals surface area contributed by atoms with Gasteiger partial charge in [0, 0.05) is 5.56 Å². The van der Waals surface area contributed by atoms with Crippen LogP contribution >= 0.6 is 0 Å². The highest BCUT2D eigenvalue weighted by Gasteiger charge is 2.27. The first-order valence-electron chi connectivity index (χ1n) is 3.90. The fourth-order valence-corrected chi connectivity index (χ4v) is 1.11. The molecule has 0 spiro atoms. The van der Waals surface area contributed by atoms with E-state index in [0.717, 1.165) is 0 Å². The van der Waals surface area contributed by atoms with Gasteiger partial charge >= 0.3 is 0 Å². The summed E-state index contributed by atoms with van der Waals surface area (Å²) in [7, 11) is 2.27. The quantitative estimate of drug-likeness (QED) is 0.271. The van der Waals surface area contributed by atoms with Gasteiger partial charge in [0.05, 0.1) is 6.42 Å². The normalized spacial score (nSPS) is 11.9. The van der Waals surface area contributed by atoms with E-state index in [0.29, 0.717) is 6.07 Å². The summed E-state index contributed by atoms with van der Waals surface area (Å²) < 4.78 is 54.9. The summed E-state index contributed by atoms with van der Waals surface area (Å²) in [5, 5.41) is 17.9. The molecule has 0 heterocycles. The molecule has 0 saturated carbocycles. The number of hydrogen-bond acceptors (Lipinski definition) is 3. The van der Waals surface area contributed by atoms with E-state index in [1.165, 1.54) is 0 Å². The Labute approximate surface area is 90.8 Å². The molecule has 0 atom stereocenters. The highest BCUT2D eigenvalue weighted by atomic mass is 28.2. The van der Waals surface area contributed by atoms with Gasteiger partial charge in [0.25, 0.3) is 16.5 Å². The minimum absolute atomic E-state index is 0.306. The van der Waals surface area contributed by atoms with Gasteiger partial charge < -0.3 is 14.6 Å². The van der Waals surface area contributed by atoms with Gasteiger partial charge in [0.1, 0.15) is 0 Å². The van der Waals surface area contributed by atoms with Crippen LogP contribution in [0.3, 0.4) is 0 Å². The van der Waals surface area contributed by atoms with Crippen molar-refractivity contribution in [2.75, 3.05) is 0 Å². The second-order valence-corrected chi connectivity index (χ2v) is 3.19. The first kappa shape index (κ1) is 13.1. The van der Waals surface area contributed by atoms with Crippen molar-refractivity contribution in [1.29, 1.82) is 0 Å². The molecule has 8 heteroatoms. The van der Waals surface area contributed by atoms with Gasteiger partial charge in [-0.25, -0.2) is 17.6 Å². The largest absolute Gasteiger partial charge is 0.371 e. The molecular weight excluding hydrogens is 248 g/mol. The summed E-state index contributed by atoms with van der Waals surface area (Å²) in [5.74, 6) is -10.2. The first-order valence-corrected chi connectivity index (χ1v) is 4.30. The number of rotatable bonds is 3. The van der Waals surface area contributed by atoms with Crippen LogP contribution in [0.4, 0.5) is 17.6 Å². The van der Waals surface area contributed by atoms with E-state index in [-0.39, 0.29) is 0 Å². The second-order valence-electron chi connectivity index (χ2n) is 2.98. The minimum atomic E-state index is -2.87. The molecule has 3 radical (unpaired) electrons. The van der Waals surface area contributed by atoms with Crippen LogP contribution in [-0.2, 0) is 10.8 Å². The molecule has 1 rings (SSSR count). The summed E-state index contributed by atoms with van der Waals surface area (Å²) in [5.41, 5.74) is -0.778. The van der Waals surface area contributed by atoms with Gasteiger partial charge in [0.2, 0.25) is 0 Å². The van der Waals surface area contributed by atoms with Gasteiger partial charge in [-0.05, 0) is 6.07 Å². The Morgan fingerprint density at radius 3 is 2.19 bits per heavy atom. The lowest BCUT2D eigenvalue weighted by molar-refractivity contribution is -0.290. The van der Waals surface area contributed by atoms with Crippen LogP contribution in [0.25, 0.3) is 0 Å². The van der Waals surface area contributed by atoms with E-state index >= 15 is 0 Å². The van der Waals surface area contributed by atoms with Gasteiger partial charge in [-0.2, -0.15) is 0 Å². The molecule has 1 aromatic rings. The fraction of sp³-hybridized carbons (Fsp3) is 0.250. The molecule has 16 heavy (non-hydrogen) atoms. The molecule has 0 fully saturated rings. The summed E-state index contributed by atoms with van der Waals surface area (Å²) in [6, 6.07) is 0.306. The van der Waals surface area contributed by atoms with Crippen LogP contribution in [-0.4, -0.2) is 26.7 Å². The van der Waals surface area contributed by atoms with Gasteiger partial charge in [-0.15, -0.1) is 0 Å². The Balaban J connectivity index is 3.16. The zero-order chi connectivity index (χ0) is 12.5. The molecule has 3 nitrogen and oxygen atoms in total. The third-order valence-corrected chi connectivity index (χ3v) is 2.09. The number of halogens is 4. The Hall–Kier alpha value is -0.963. The van der Waals surface area contributed by atoms with Crippen molar-refractivity contribution in [2.24, 2.45) is 0 Å². The summed E-state index contributed by atoms with van der Waals surface area (Å²) in [6.45, 7) is 0. The van der Waals surface area contributed by atoms with E-state index in [1.54, 1.807) is 0 Å². The lowest BCUT2D eigenvalue weighted by atomic mass is 10.1. The Morgan fingerprint density at radius 1 is 1.12 bits per heavy atom. The molecule has 0 aliphatic rings. The highest BCUT2D eigenvalue weighted by Crippen LogP contribution is 2.21. The van der Waals surface area contributed by atoms with E-state index in [9.17, 15) is 17.6 Å². The zero-order valence-electron chi connectivity index (χ0n) is 7.60. The molecule has 2 N–H and O–H groups in total. The maximum Gasteiger partial charge on any atom is 0.272 e. The van der Waals surface area contributed by atoms with E-state index < -0.39 is 41.2 Å². The van der Waals surface area contributed by atoms with Crippen molar-refractivity contribution in [3.05, 3.63) is 34.9 Å². The van der Waals surface area contributed by atoms with Crippen molar-refractivity contribution in [3.8, 4) is 0 Å². The van der Waals surface area contributed by atoms with Crippen LogP contribution in [0, 0.1) is 23.3 Å². The molecule has 0 unspecified atom stereocenters. The third kappa shape index (κ3) is 2.58. The molecule has 0 aliphatic heterocycles. The Morgan fingerprint density at radius 2 is 1.69 bits per heavy atom. The first-order chi connectivity index (χ1) is 7.28. The van der Waals surface area contributed by atoms with Crippen LogP contribution in [0.15, 0.2) is 6.07 Å². The van der Waals surface area contributed by atoms with Gasteiger partial charge in [-0.3, -0.25) is 0 Å². The zero-order valence-corrected chi connectivity index (χ0v) is 8.60. The fourth-order valence-electron chi connectivity index (χ4n) is 1.03. The van der Waals surface area contributed by atoms with Crippen molar-refractivity contribution in [1.82, 2.24) is 0 Å². The smallest absolute Gasteiger partial charge is 0.272 e. The Bertz CT molecular complexity index is 411. The molecule has 0 aliphatic carbocycles. The molecule has 0 saturated heterocycles. The number of aliphatic hydroxyl groups is 2. The predicted octanol–water partition coefficient (Wildman–Crippen LogP) is 0.524. The average Bonchev–Trinajstić information content (AvgIpc) is 2.22. The summed E-state index contributed by atoms with van der Waals surface area (Å²) in [6.07, 6.45) is -0.990. The standard InChI is InChI=1S/C8H5F4O3Si/c9-4-1-3(2-8(13,14)15-16)5(10)7(12)6(4)11/h1,13-14H,2H2. The highest BCUT2D eigenvalue weighted by molar-refractivity contribution is 5.98. The average molecular weight is 253 g/mol. The van der Waals surface area contributed by atoms with E-state index in [2.05, 4.69) is 14.9 Å². The van der Waals surface area contributed by atoms with Crippen LogP contribution in [0.1, 0.15) is 5.56 Å². The molecule has 0 bridgehead atoms. The van der Waals surface area contributed by atoms with Crippen LogP contribution < -0.4 is 0 Å². The SMILES string of the molecule is OC(O)(Cc1cc(F)c(F)c(F)c1F)O[Si]. The van der Waals surface area contributed by atoms with E-state index in [1.807, 2.05) is 0 Å². The van der Waals surface area contributed by atoms with Crippen molar-refractivity contribution < 1.29 is 32.2 Å². The molecule has 1 aromatic carbocycles. The van der Waals surface area contributed by atoms with Crippen molar-refractivity contribution in [2.45, 2.75) is 12.4 Å². The summed E-state index contributed by atoms with van der Waals surface area (Å²) >= 11 is 0. The lowest BCUT2D eigenvalue weighted by Gasteiger charge is -2.19. The van der Waals surface area contributed by atoms with Crippen LogP contribution in [0.5, 0.6) is 0 Å². The van der Waals surface area contributed by atoms with E-state index in [4.69, 9.17) is 10.2 Å². The maximum absolute atomic E-state index is 13.0. The number of benzene rings is 1. The predicted molar refractivity (Wildman–Crippen MR) is 44.0 cm³/mol. The van der Waals surface area contributed by atoms with Gasteiger partial charge in [0.15, 0.2) is 23.3 Å². The molecular formula is C8H5F4O3Si. The third-order valence-electron chi connectivity index (χ3n) is 1.76. The number of hydrogen-bond donors (Lipinski definition) is 2.